The van der Waals surface area contributed by atoms with Crippen molar-refractivity contribution in [1.29, 1.82) is 0 Å². The Morgan fingerprint density at radius 1 is 0.789 bits per heavy atom. The van der Waals surface area contributed by atoms with E-state index in [9.17, 15) is 14.0 Å². The third kappa shape index (κ3) is 4.58. The normalized spacial score (nSPS) is 11.0. The van der Waals surface area contributed by atoms with E-state index in [4.69, 9.17) is 14.4 Å². The molecule has 0 spiro atoms. The molecular formula is C30H19FN4O3. The smallest absolute Gasteiger partial charge is 0.349 e. The van der Waals surface area contributed by atoms with E-state index in [1.54, 1.807) is 18.2 Å². The first-order valence-corrected chi connectivity index (χ1v) is 11.8. The summed E-state index contributed by atoms with van der Waals surface area (Å²) in [5.41, 5.74) is 2.10. The van der Waals surface area contributed by atoms with Crippen LogP contribution in [0.25, 0.3) is 33.3 Å². The number of rotatable bonds is 5. The zero-order valence-corrected chi connectivity index (χ0v) is 19.8. The SMILES string of the molecule is O=C(Nc1ccc(F)cc1)c1cc2cc(Nc3nc(-c4ccccc4)nc4ccccc34)ccc2oc1=O. The van der Waals surface area contributed by atoms with Crippen LogP contribution >= 0.6 is 0 Å². The van der Waals surface area contributed by atoms with E-state index in [1.807, 2.05) is 54.6 Å². The standard InChI is InChI=1S/C30H19FN4O3/c31-20-10-12-21(13-11-20)33-29(36)24-17-19-16-22(14-15-26(19)38-30(24)37)32-28-23-8-4-5-9-25(23)34-27(35-28)18-6-2-1-3-7-18/h1-17H,(H,33,36)(H,32,34,35). The van der Waals surface area contributed by atoms with E-state index in [1.165, 1.54) is 30.3 Å². The van der Waals surface area contributed by atoms with Crippen LogP contribution < -0.4 is 16.3 Å². The molecule has 184 valence electrons. The number of halogens is 1. The summed E-state index contributed by atoms with van der Waals surface area (Å²) >= 11 is 0. The molecule has 0 unspecified atom stereocenters. The highest BCUT2D eigenvalue weighted by molar-refractivity contribution is 6.05. The fourth-order valence-electron chi connectivity index (χ4n) is 4.12. The molecule has 0 saturated heterocycles. The fraction of sp³-hybridized carbons (Fsp3) is 0. The van der Waals surface area contributed by atoms with Crippen LogP contribution in [0.1, 0.15) is 10.4 Å². The predicted molar refractivity (Wildman–Crippen MR) is 145 cm³/mol. The van der Waals surface area contributed by atoms with E-state index >= 15 is 0 Å². The Balaban J connectivity index is 1.36. The topological polar surface area (TPSA) is 97.1 Å². The molecule has 6 rings (SSSR count). The lowest BCUT2D eigenvalue weighted by Gasteiger charge is -2.12. The first-order chi connectivity index (χ1) is 18.5. The van der Waals surface area contributed by atoms with Gasteiger partial charge in [-0.3, -0.25) is 4.79 Å². The fourth-order valence-corrected chi connectivity index (χ4v) is 4.12. The summed E-state index contributed by atoms with van der Waals surface area (Å²) in [5, 5.41) is 7.32. The van der Waals surface area contributed by atoms with Crippen molar-refractivity contribution in [2.75, 3.05) is 10.6 Å². The summed E-state index contributed by atoms with van der Waals surface area (Å²) < 4.78 is 18.6. The number of amides is 1. The maximum Gasteiger partial charge on any atom is 0.349 e. The first-order valence-electron chi connectivity index (χ1n) is 11.8. The Bertz CT molecular complexity index is 1870. The van der Waals surface area contributed by atoms with Gasteiger partial charge in [-0.2, -0.15) is 0 Å². The van der Waals surface area contributed by atoms with Gasteiger partial charge >= 0.3 is 5.63 Å². The summed E-state index contributed by atoms with van der Waals surface area (Å²) in [6.07, 6.45) is 0. The third-order valence-corrected chi connectivity index (χ3v) is 5.98. The van der Waals surface area contributed by atoms with Gasteiger partial charge in [-0.15, -0.1) is 0 Å². The number of nitrogens with one attached hydrogen (secondary N) is 2. The van der Waals surface area contributed by atoms with Gasteiger partial charge in [0.05, 0.1) is 5.52 Å². The second-order valence-electron chi connectivity index (χ2n) is 8.57. The molecule has 6 aromatic rings. The summed E-state index contributed by atoms with van der Waals surface area (Å²) in [6.45, 7) is 0. The molecule has 2 N–H and O–H groups in total. The Labute approximate surface area is 215 Å². The van der Waals surface area contributed by atoms with Crippen molar-refractivity contribution in [3.8, 4) is 11.4 Å². The van der Waals surface area contributed by atoms with Crippen molar-refractivity contribution in [3.63, 3.8) is 0 Å². The summed E-state index contributed by atoms with van der Waals surface area (Å²) in [6, 6.07) is 29.3. The monoisotopic (exact) mass is 502 g/mol. The number of nitrogens with zero attached hydrogens (tertiary/aromatic N) is 2. The van der Waals surface area contributed by atoms with Crippen molar-refractivity contribution in [1.82, 2.24) is 9.97 Å². The minimum absolute atomic E-state index is 0.169. The molecule has 2 heterocycles. The number of para-hydroxylation sites is 1. The van der Waals surface area contributed by atoms with E-state index in [0.29, 0.717) is 34.0 Å². The van der Waals surface area contributed by atoms with Crippen molar-refractivity contribution >= 4 is 45.0 Å². The van der Waals surface area contributed by atoms with Crippen LogP contribution in [0.4, 0.5) is 21.6 Å². The van der Waals surface area contributed by atoms with Crippen molar-refractivity contribution in [3.05, 3.63) is 125 Å². The van der Waals surface area contributed by atoms with E-state index in [-0.39, 0.29) is 5.56 Å². The summed E-state index contributed by atoms with van der Waals surface area (Å²) in [4.78, 5) is 34.7. The number of hydrogen-bond donors (Lipinski definition) is 2. The van der Waals surface area contributed by atoms with Gasteiger partial charge in [-0.1, -0.05) is 42.5 Å². The highest BCUT2D eigenvalue weighted by Crippen LogP contribution is 2.28. The third-order valence-electron chi connectivity index (χ3n) is 5.98. The van der Waals surface area contributed by atoms with Gasteiger partial charge in [0.1, 0.15) is 22.8 Å². The summed E-state index contributed by atoms with van der Waals surface area (Å²) in [7, 11) is 0. The van der Waals surface area contributed by atoms with Crippen LogP contribution in [0, 0.1) is 5.82 Å². The molecule has 0 aliphatic rings. The highest BCUT2D eigenvalue weighted by atomic mass is 19.1. The van der Waals surface area contributed by atoms with Gasteiger partial charge in [-0.05, 0) is 60.7 Å². The van der Waals surface area contributed by atoms with E-state index in [0.717, 1.165) is 16.5 Å². The molecule has 0 atom stereocenters. The number of anilines is 3. The molecule has 7 nitrogen and oxygen atoms in total. The maximum atomic E-state index is 13.2. The second kappa shape index (κ2) is 9.59. The van der Waals surface area contributed by atoms with E-state index in [2.05, 4.69) is 10.6 Å². The molecule has 0 saturated carbocycles. The Hall–Kier alpha value is -5.37. The average Bonchev–Trinajstić information content (AvgIpc) is 2.94. The van der Waals surface area contributed by atoms with Crippen LogP contribution in [-0.4, -0.2) is 15.9 Å². The molecule has 2 aromatic heterocycles. The maximum absolute atomic E-state index is 13.2. The zero-order chi connectivity index (χ0) is 26.1. The Morgan fingerprint density at radius 3 is 2.34 bits per heavy atom. The molecule has 8 heteroatoms. The lowest BCUT2D eigenvalue weighted by molar-refractivity contribution is 0.102. The van der Waals surface area contributed by atoms with Gasteiger partial charge in [0.2, 0.25) is 0 Å². The molecule has 0 fully saturated rings. The lowest BCUT2D eigenvalue weighted by Crippen LogP contribution is -2.20. The molecular weight excluding hydrogens is 483 g/mol. The molecule has 0 radical (unpaired) electrons. The minimum Gasteiger partial charge on any atom is -0.422 e. The molecule has 4 aromatic carbocycles. The van der Waals surface area contributed by atoms with Crippen LogP contribution in [-0.2, 0) is 0 Å². The van der Waals surface area contributed by atoms with Crippen LogP contribution in [0.5, 0.6) is 0 Å². The number of aromatic nitrogens is 2. The number of fused-ring (bicyclic) bond motifs is 2. The van der Waals surface area contributed by atoms with Gasteiger partial charge in [0.15, 0.2) is 5.82 Å². The second-order valence-corrected chi connectivity index (χ2v) is 8.57. The summed E-state index contributed by atoms with van der Waals surface area (Å²) in [5.74, 6) is 0.110. The van der Waals surface area contributed by atoms with Crippen LogP contribution in [0.3, 0.4) is 0 Å². The molecule has 0 bridgehead atoms. The number of carbonyl (C=O) groups excluding carboxylic acids is 1. The predicted octanol–water partition coefficient (Wildman–Crippen LogP) is 6.54. The average molecular weight is 503 g/mol. The molecule has 38 heavy (non-hydrogen) atoms. The van der Waals surface area contributed by atoms with Crippen molar-refractivity contribution in [2.24, 2.45) is 0 Å². The molecule has 1 amide bonds. The molecule has 0 aliphatic carbocycles. The van der Waals surface area contributed by atoms with Crippen LogP contribution in [0.2, 0.25) is 0 Å². The Morgan fingerprint density at radius 2 is 1.53 bits per heavy atom. The quantitative estimate of drug-likeness (QED) is 0.260. The number of hydrogen-bond acceptors (Lipinski definition) is 6. The lowest BCUT2D eigenvalue weighted by atomic mass is 10.1. The van der Waals surface area contributed by atoms with Gasteiger partial charge in [-0.25, -0.2) is 19.2 Å². The van der Waals surface area contributed by atoms with Crippen molar-refractivity contribution in [2.45, 2.75) is 0 Å². The van der Waals surface area contributed by atoms with Crippen molar-refractivity contribution < 1.29 is 13.6 Å². The Kier molecular flexibility index (Phi) is 5.82. The zero-order valence-electron chi connectivity index (χ0n) is 19.8. The highest BCUT2D eigenvalue weighted by Gasteiger charge is 2.15. The van der Waals surface area contributed by atoms with Gasteiger partial charge in [0.25, 0.3) is 5.91 Å². The van der Waals surface area contributed by atoms with Gasteiger partial charge in [0, 0.05) is 27.7 Å². The first kappa shape index (κ1) is 23.1. The minimum atomic E-state index is -0.771. The largest absolute Gasteiger partial charge is 0.422 e. The van der Waals surface area contributed by atoms with E-state index < -0.39 is 17.3 Å². The van der Waals surface area contributed by atoms with Crippen LogP contribution in [0.15, 0.2) is 112 Å². The number of benzene rings is 4. The number of carbonyl (C=O) groups is 1. The van der Waals surface area contributed by atoms with Gasteiger partial charge < -0.3 is 15.1 Å². The molecule has 0 aliphatic heterocycles.